The number of aliphatic hydroxyl groups is 1. The van der Waals surface area contributed by atoms with Gasteiger partial charge >= 0.3 is 12.8 Å². The van der Waals surface area contributed by atoms with Crippen molar-refractivity contribution in [2.75, 3.05) is 12.8 Å². The summed E-state index contributed by atoms with van der Waals surface area (Å²) in [5.41, 5.74) is -0.266. The van der Waals surface area contributed by atoms with Gasteiger partial charge in [0, 0.05) is 31.3 Å². The van der Waals surface area contributed by atoms with Crippen LogP contribution in [0.3, 0.4) is 0 Å². The van der Waals surface area contributed by atoms with E-state index in [0.29, 0.717) is 12.8 Å². The number of hydrogen-bond donors (Lipinski definition) is 2. The number of amides is 1. The van der Waals surface area contributed by atoms with Crippen molar-refractivity contribution < 1.29 is 45.0 Å². The molecule has 1 amide bonds. The maximum Gasteiger partial charge on any atom is 0.391 e. The Morgan fingerprint density at radius 3 is 2.55 bits per heavy atom. The fourth-order valence-corrected chi connectivity index (χ4v) is 5.97. The van der Waals surface area contributed by atoms with E-state index < -0.39 is 63.9 Å². The lowest BCUT2D eigenvalue weighted by Gasteiger charge is -2.32. The minimum absolute atomic E-state index is 0.000583. The molecule has 0 spiro atoms. The van der Waals surface area contributed by atoms with Crippen molar-refractivity contribution in [2.24, 2.45) is 11.8 Å². The van der Waals surface area contributed by atoms with Crippen molar-refractivity contribution in [3.8, 4) is 11.6 Å². The van der Waals surface area contributed by atoms with Crippen LogP contribution in [0.2, 0.25) is 5.15 Å². The van der Waals surface area contributed by atoms with Gasteiger partial charge in [-0.3, -0.25) is 9.36 Å². The van der Waals surface area contributed by atoms with E-state index in [1.807, 2.05) is 0 Å². The molecule has 2 aromatic heterocycles. The van der Waals surface area contributed by atoms with E-state index in [1.165, 1.54) is 0 Å². The van der Waals surface area contributed by atoms with E-state index in [4.69, 9.17) is 11.6 Å². The van der Waals surface area contributed by atoms with Crippen LogP contribution in [0.4, 0.5) is 22.0 Å². The summed E-state index contributed by atoms with van der Waals surface area (Å²) < 4.78 is 94.7. The monoisotopic (exact) mass is 616 g/mol. The number of ether oxygens (including phenoxy) is 1. The fraction of sp³-hybridized carbons (Fsp3) is 0.625. The average molecular weight is 617 g/mol. The molecule has 0 bridgehead atoms. The third-order valence-electron chi connectivity index (χ3n) is 6.88. The number of alkyl halides is 5. The summed E-state index contributed by atoms with van der Waals surface area (Å²) in [7, 11) is -3.31. The maximum atomic E-state index is 13.2. The number of nitrogens with one attached hydrogen (secondary N) is 1. The SMILES string of the molecule is CCc1nc(C(=O)NC[C@H]2CC[C@H](S(C)(=O)=O)C[C@@H]2O)c(Cl)n1-c1ncc(CC(C)C(F)(F)F)cc1OC(F)F. The van der Waals surface area contributed by atoms with Crippen molar-refractivity contribution in [1.82, 2.24) is 19.9 Å². The molecular formula is C24H30ClF5N4O5S. The molecule has 1 fully saturated rings. The molecule has 2 N–H and O–H groups in total. The first-order valence-electron chi connectivity index (χ1n) is 12.5. The van der Waals surface area contributed by atoms with Crippen LogP contribution in [-0.2, 0) is 22.7 Å². The van der Waals surface area contributed by atoms with Gasteiger partial charge in [0.15, 0.2) is 17.3 Å². The number of hydrogen-bond acceptors (Lipinski definition) is 7. The quantitative estimate of drug-likeness (QED) is 0.385. The molecule has 2 heterocycles. The third-order valence-corrected chi connectivity index (χ3v) is 8.87. The number of rotatable bonds is 10. The highest BCUT2D eigenvalue weighted by Gasteiger charge is 2.37. The summed E-state index contributed by atoms with van der Waals surface area (Å²) >= 11 is 6.44. The second kappa shape index (κ2) is 12.6. The zero-order valence-corrected chi connectivity index (χ0v) is 23.5. The standard InChI is InChI=1S/C24H30ClF5N4O5S/c1-4-18-33-19(22(36)32-11-14-5-6-15(9-16(14)35)40(3,37)38)20(25)34(18)21-17(39-23(26)27)8-13(10-31-21)7-12(2)24(28,29)30/h8,10,12,14-16,23,35H,4-7,9,11H2,1-3H3,(H,32,36)/t12?,14-,15+,16+/m1/s1. The van der Waals surface area contributed by atoms with Crippen LogP contribution in [0, 0.1) is 11.8 Å². The molecule has 1 aliphatic carbocycles. The van der Waals surface area contributed by atoms with Gasteiger partial charge in [-0.15, -0.1) is 0 Å². The first-order valence-corrected chi connectivity index (χ1v) is 14.8. The summed E-state index contributed by atoms with van der Waals surface area (Å²) in [4.78, 5) is 21.2. The molecule has 0 aromatic carbocycles. The van der Waals surface area contributed by atoms with Crippen molar-refractivity contribution in [3.05, 3.63) is 34.5 Å². The Kier molecular flexibility index (Phi) is 10.0. The van der Waals surface area contributed by atoms with Gasteiger partial charge in [0.05, 0.1) is 17.3 Å². The van der Waals surface area contributed by atoms with E-state index in [1.54, 1.807) is 6.92 Å². The zero-order valence-electron chi connectivity index (χ0n) is 21.9. The van der Waals surface area contributed by atoms with E-state index in [2.05, 4.69) is 20.0 Å². The van der Waals surface area contributed by atoms with Crippen LogP contribution in [0.5, 0.6) is 5.75 Å². The molecular weight excluding hydrogens is 587 g/mol. The van der Waals surface area contributed by atoms with Gasteiger partial charge in [-0.25, -0.2) is 18.4 Å². The third kappa shape index (κ3) is 7.60. The zero-order chi connectivity index (χ0) is 30.0. The van der Waals surface area contributed by atoms with E-state index in [0.717, 1.165) is 30.0 Å². The fourth-order valence-electron chi connectivity index (χ4n) is 4.56. The Morgan fingerprint density at radius 2 is 2.00 bits per heavy atom. The molecule has 1 unspecified atom stereocenters. The summed E-state index contributed by atoms with van der Waals surface area (Å²) in [6.45, 7) is -0.716. The Hall–Kier alpha value is -2.52. The number of imidazole rings is 1. The van der Waals surface area contributed by atoms with Gasteiger partial charge in [0.2, 0.25) is 0 Å². The predicted molar refractivity (Wildman–Crippen MR) is 136 cm³/mol. The normalized spacial score (nSPS) is 20.9. The summed E-state index contributed by atoms with van der Waals surface area (Å²) in [5, 5.41) is 12.1. The van der Waals surface area contributed by atoms with Gasteiger partial charge in [-0.05, 0) is 37.3 Å². The Labute approximate surface area is 233 Å². The van der Waals surface area contributed by atoms with Crippen LogP contribution in [0.15, 0.2) is 12.3 Å². The summed E-state index contributed by atoms with van der Waals surface area (Å²) in [6.07, 6.45) is -2.88. The second-order valence-electron chi connectivity index (χ2n) is 9.85. The second-order valence-corrected chi connectivity index (χ2v) is 12.5. The highest BCUT2D eigenvalue weighted by molar-refractivity contribution is 7.91. The number of halogens is 6. The van der Waals surface area contributed by atoms with Crippen molar-refractivity contribution in [2.45, 2.75) is 70.1 Å². The lowest BCUT2D eigenvalue weighted by Crippen LogP contribution is -2.41. The molecule has 3 rings (SSSR count). The van der Waals surface area contributed by atoms with Crippen molar-refractivity contribution in [3.63, 3.8) is 0 Å². The smallest absolute Gasteiger partial charge is 0.391 e. The van der Waals surface area contributed by atoms with Crippen molar-refractivity contribution >= 4 is 27.3 Å². The van der Waals surface area contributed by atoms with E-state index in [-0.39, 0.29) is 47.4 Å². The molecule has 40 heavy (non-hydrogen) atoms. The molecule has 1 saturated carbocycles. The number of nitrogens with zero attached hydrogens (tertiary/aromatic N) is 3. The lowest BCUT2D eigenvalue weighted by molar-refractivity contribution is -0.169. The van der Waals surface area contributed by atoms with Gasteiger partial charge < -0.3 is 15.2 Å². The van der Waals surface area contributed by atoms with Gasteiger partial charge in [0.25, 0.3) is 5.91 Å². The Bertz CT molecular complexity index is 1320. The minimum atomic E-state index is -4.50. The molecule has 4 atom stereocenters. The topological polar surface area (TPSA) is 123 Å². The van der Waals surface area contributed by atoms with Gasteiger partial charge in [-0.2, -0.15) is 22.0 Å². The first kappa shape index (κ1) is 32.0. The molecule has 2 aromatic rings. The number of aromatic nitrogens is 3. The molecule has 1 aliphatic rings. The van der Waals surface area contributed by atoms with E-state index >= 15 is 0 Å². The number of carbonyl (C=O) groups excluding carboxylic acids is 1. The van der Waals surface area contributed by atoms with Crippen LogP contribution in [-0.4, -0.2) is 70.9 Å². The van der Waals surface area contributed by atoms with Gasteiger partial charge in [-0.1, -0.05) is 25.4 Å². The summed E-state index contributed by atoms with van der Waals surface area (Å²) in [5.74, 6) is -3.60. The first-order chi connectivity index (χ1) is 18.5. The van der Waals surface area contributed by atoms with Crippen LogP contribution in [0.1, 0.15) is 55.0 Å². The molecule has 0 aliphatic heterocycles. The highest BCUT2D eigenvalue weighted by Crippen LogP contribution is 2.34. The van der Waals surface area contributed by atoms with Crippen molar-refractivity contribution in [1.29, 1.82) is 0 Å². The molecule has 16 heteroatoms. The number of aryl methyl sites for hydroxylation is 1. The van der Waals surface area contributed by atoms with Gasteiger partial charge in [0.1, 0.15) is 20.8 Å². The summed E-state index contributed by atoms with van der Waals surface area (Å²) in [6, 6.07) is 1.01. The largest absolute Gasteiger partial charge is 0.431 e. The number of sulfone groups is 1. The molecule has 0 saturated heterocycles. The molecule has 9 nitrogen and oxygen atoms in total. The number of aliphatic hydroxyl groups excluding tert-OH is 1. The maximum absolute atomic E-state index is 13.2. The van der Waals surface area contributed by atoms with Crippen LogP contribution >= 0.6 is 11.6 Å². The molecule has 0 radical (unpaired) electrons. The number of pyridine rings is 1. The predicted octanol–water partition coefficient (Wildman–Crippen LogP) is 4.13. The lowest BCUT2D eigenvalue weighted by atomic mass is 9.86. The average Bonchev–Trinajstić information content (AvgIpc) is 3.17. The molecule has 224 valence electrons. The van der Waals surface area contributed by atoms with Crippen LogP contribution in [0.25, 0.3) is 5.82 Å². The number of carbonyl (C=O) groups is 1. The Balaban J connectivity index is 1.85. The van der Waals surface area contributed by atoms with Crippen LogP contribution < -0.4 is 10.1 Å². The minimum Gasteiger partial charge on any atom is -0.431 e. The Morgan fingerprint density at radius 1 is 1.32 bits per heavy atom. The van der Waals surface area contributed by atoms with E-state index in [9.17, 15) is 40.3 Å². The highest BCUT2D eigenvalue weighted by atomic mass is 35.5.